The van der Waals surface area contributed by atoms with Gasteiger partial charge in [0.1, 0.15) is 5.69 Å². The minimum absolute atomic E-state index is 0.106. The van der Waals surface area contributed by atoms with Crippen molar-refractivity contribution in [2.45, 2.75) is 20.8 Å². The monoisotopic (exact) mass is 265 g/mol. The van der Waals surface area contributed by atoms with Gasteiger partial charge in [0, 0.05) is 13.6 Å². The molecular weight excluding hydrogens is 249 g/mol. The summed E-state index contributed by atoms with van der Waals surface area (Å²) in [6.07, 6.45) is 1.08. The SMILES string of the molecule is CCNc1ncc(F)c(Oc2c(C)nn(C)c2C)n1. The molecule has 0 aliphatic heterocycles. The van der Waals surface area contributed by atoms with Crippen LogP contribution in [0, 0.1) is 19.7 Å². The highest BCUT2D eigenvalue weighted by Gasteiger charge is 2.16. The molecule has 0 atom stereocenters. The maximum Gasteiger partial charge on any atom is 0.261 e. The van der Waals surface area contributed by atoms with Crippen molar-refractivity contribution in [1.82, 2.24) is 19.7 Å². The quantitative estimate of drug-likeness (QED) is 0.918. The second kappa shape index (κ2) is 5.21. The molecule has 2 heterocycles. The van der Waals surface area contributed by atoms with Crippen LogP contribution in [0.4, 0.5) is 10.3 Å². The van der Waals surface area contributed by atoms with E-state index in [1.165, 1.54) is 0 Å². The van der Waals surface area contributed by atoms with E-state index in [1.54, 1.807) is 18.7 Å². The molecule has 0 unspecified atom stereocenters. The van der Waals surface area contributed by atoms with Crippen LogP contribution in [0.5, 0.6) is 11.6 Å². The third-order valence-corrected chi connectivity index (χ3v) is 2.69. The molecule has 7 heteroatoms. The van der Waals surface area contributed by atoms with Gasteiger partial charge in [-0.15, -0.1) is 0 Å². The summed E-state index contributed by atoms with van der Waals surface area (Å²) < 4.78 is 20.9. The molecule has 2 rings (SSSR count). The normalized spacial score (nSPS) is 10.6. The zero-order chi connectivity index (χ0) is 14.0. The average Bonchev–Trinajstić information content (AvgIpc) is 2.60. The Morgan fingerprint density at radius 2 is 2.16 bits per heavy atom. The van der Waals surface area contributed by atoms with Crippen molar-refractivity contribution >= 4 is 5.95 Å². The number of aromatic nitrogens is 4. The predicted molar refractivity (Wildman–Crippen MR) is 68.9 cm³/mol. The molecular formula is C12H16FN5O. The maximum atomic E-state index is 13.7. The molecule has 0 bridgehead atoms. The summed E-state index contributed by atoms with van der Waals surface area (Å²) in [6, 6.07) is 0. The van der Waals surface area contributed by atoms with E-state index >= 15 is 0 Å². The van der Waals surface area contributed by atoms with Crippen molar-refractivity contribution in [2.75, 3.05) is 11.9 Å². The van der Waals surface area contributed by atoms with Crippen LogP contribution in [0.25, 0.3) is 0 Å². The Balaban J connectivity index is 2.34. The van der Waals surface area contributed by atoms with Crippen molar-refractivity contribution in [3.63, 3.8) is 0 Å². The number of ether oxygens (including phenoxy) is 1. The number of nitrogens with one attached hydrogen (secondary N) is 1. The zero-order valence-corrected chi connectivity index (χ0v) is 11.4. The van der Waals surface area contributed by atoms with E-state index in [1.807, 2.05) is 13.8 Å². The van der Waals surface area contributed by atoms with Crippen molar-refractivity contribution in [2.24, 2.45) is 7.05 Å². The van der Waals surface area contributed by atoms with E-state index in [4.69, 9.17) is 4.74 Å². The molecule has 102 valence electrons. The minimum atomic E-state index is -0.607. The van der Waals surface area contributed by atoms with E-state index in [9.17, 15) is 4.39 Å². The Labute approximate surface area is 110 Å². The molecule has 0 aromatic carbocycles. The van der Waals surface area contributed by atoms with Crippen molar-refractivity contribution in [1.29, 1.82) is 0 Å². The van der Waals surface area contributed by atoms with Gasteiger partial charge in [-0.25, -0.2) is 4.98 Å². The van der Waals surface area contributed by atoms with Gasteiger partial charge in [0.25, 0.3) is 5.88 Å². The van der Waals surface area contributed by atoms with Crippen LogP contribution in [0.15, 0.2) is 6.20 Å². The predicted octanol–water partition coefficient (Wildman–Crippen LogP) is 2.19. The van der Waals surface area contributed by atoms with Crippen LogP contribution >= 0.6 is 0 Å². The lowest BCUT2D eigenvalue weighted by molar-refractivity contribution is 0.415. The van der Waals surface area contributed by atoms with Gasteiger partial charge < -0.3 is 10.1 Å². The van der Waals surface area contributed by atoms with Crippen LogP contribution in [0.2, 0.25) is 0 Å². The van der Waals surface area contributed by atoms with Crippen LogP contribution < -0.4 is 10.1 Å². The third-order valence-electron chi connectivity index (χ3n) is 2.69. The van der Waals surface area contributed by atoms with E-state index in [-0.39, 0.29) is 5.88 Å². The van der Waals surface area contributed by atoms with Crippen molar-refractivity contribution in [3.05, 3.63) is 23.4 Å². The zero-order valence-electron chi connectivity index (χ0n) is 11.4. The second-order valence-electron chi connectivity index (χ2n) is 4.10. The largest absolute Gasteiger partial charge is 0.432 e. The number of aryl methyl sites for hydroxylation is 2. The molecule has 0 saturated heterocycles. The smallest absolute Gasteiger partial charge is 0.261 e. The number of halogens is 1. The minimum Gasteiger partial charge on any atom is -0.432 e. The molecule has 2 aromatic rings. The second-order valence-corrected chi connectivity index (χ2v) is 4.10. The fourth-order valence-electron chi connectivity index (χ4n) is 1.66. The molecule has 0 fully saturated rings. The fraction of sp³-hybridized carbons (Fsp3) is 0.417. The van der Waals surface area contributed by atoms with Gasteiger partial charge in [0.2, 0.25) is 11.8 Å². The lowest BCUT2D eigenvalue weighted by atomic mass is 10.3. The lowest BCUT2D eigenvalue weighted by Crippen LogP contribution is -2.04. The highest BCUT2D eigenvalue weighted by Crippen LogP contribution is 2.28. The van der Waals surface area contributed by atoms with Gasteiger partial charge in [-0.1, -0.05) is 0 Å². The highest BCUT2D eigenvalue weighted by atomic mass is 19.1. The molecule has 2 aromatic heterocycles. The topological polar surface area (TPSA) is 64.9 Å². The summed E-state index contributed by atoms with van der Waals surface area (Å²) >= 11 is 0. The molecule has 1 N–H and O–H groups in total. The number of rotatable bonds is 4. The van der Waals surface area contributed by atoms with Gasteiger partial charge >= 0.3 is 0 Å². The number of nitrogens with zero attached hydrogens (tertiary/aromatic N) is 4. The van der Waals surface area contributed by atoms with Crippen LogP contribution in [0.3, 0.4) is 0 Å². The van der Waals surface area contributed by atoms with E-state index < -0.39 is 5.82 Å². The van der Waals surface area contributed by atoms with E-state index in [2.05, 4.69) is 20.4 Å². The Bertz CT molecular complexity index is 596. The number of hydrogen-bond donors (Lipinski definition) is 1. The Kier molecular flexibility index (Phi) is 3.64. The Morgan fingerprint density at radius 3 is 2.74 bits per heavy atom. The summed E-state index contributed by atoms with van der Waals surface area (Å²) in [7, 11) is 1.80. The van der Waals surface area contributed by atoms with Gasteiger partial charge in [0.05, 0.1) is 11.9 Å². The van der Waals surface area contributed by atoms with Crippen LogP contribution in [0.1, 0.15) is 18.3 Å². The molecule has 0 radical (unpaired) electrons. The molecule has 6 nitrogen and oxygen atoms in total. The van der Waals surface area contributed by atoms with Gasteiger partial charge in [-0.2, -0.15) is 14.5 Å². The number of anilines is 1. The van der Waals surface area contributed by atoms with E-state index in [0.29, 0.717) is 23.9 Å². The first kappa shape index (κ1) is 13.3. The summed E-state index contributed by atoms with van der Waals surface area (Å²) in [5.41, 5.74) is 1.49. The Morgan fingerprint density at radius 1 is 1.42 bits per heavy atom. The molecule has 0 spiro atoms. The average molecular weight is 265 g/mol. The maximum absolute atomic E-state index is 13.7. The molecule has 0 saturated carbocycles. The lowest BCUT2D eigenvalue weighted by Gasteiger charge is -2.07. The fourth-order valence-corrected chi connectivity index (χ4v) is 1.66. The molecule has 19 heavy (non-hydrogen) atoms. The summed E-state index contributed by atoms with van der Waals surface area (Å²) in [5.74, 6) is 0.134. The summed E-state index contributed by atoms with van der Waals surface area (Å²) in [4.78, 5) is 7.81. The first-order chi connectivity index (χ1) is 9.02. The van der Waals surface area contributed by atoms with Crippen LogP contribution in [-0.4, -0.2) is 26.3 Å². The van der Waals surface area contributed by atoms with Crippen molar-refractivity contribution < 1.29 is 9.13 Å². The number of hydrogen-bond acceptors (Lipinski definition) is 5. The standard InChI is InChI=1S/C12H16FN5O/c1-5-14-12-15-6-9(13)11(16-12)19-10-7(2)17-18(4)8(10)3/h6H,5H2,1-4H3,(H,14,15,16). The van der Waals surface area contributed by atoms with E-state index in [0.717, 1.165) is 11.9 Å². The third kappa shape index (κ3) is 2.64. The summed E-state index contributed by atoms with van der Waals surface area (Å²) in [6.45, 7) is 6.20. The van der Waals surface area contributed by atoms with Crippen LogP contribution in [-0.2, 0) is 7.05 Å². The molecule has 0 aliphatic rings. The first-order valence-electron chi connectivity index (χ1n) is 5.97. The van der Waals surface area contributed by atoms with Crippen molar-refractivity contribution in [3.8, 4) is 11.6 Å². The molecule has 0 amide bonds. The molecule has 0 aliphatic carbocycles. The van der Waals surface area contributed by atoms with Gasteiger partial charge in [0.15, 0.2) is 5.75 Å². The van der Waals surface area contributed by atoms with Gasteiger partial charge in [-0.05, 0) is 20.8 Å². The highest BCUT2D eigenvalue weighted by molar-refractivity contribution is 5.37. The van der Waals surface area contributed by atoms with Gasteiger partial charge in [-0.3, -0.25) is 4.68 Å². The first-order valence-corrected chi connectivity index (χ1v) is 5.97. The Hall–Kier alpha value is -2.18. The summed E-state index contributed by atoms with van der Waals surface area (Å²) in [5, 5.41) is 7.11.